The van der Waals surface area contributed by atoms with E-state index in [4.69, 9.17) is 4.98 Å². The zero-order valence-electron chi connectivity index (χ0n) is 16.9. The summed E-state index contributed by atoms with van der Waals surface area (Å²) in [5.41, 5.74) is 6.39. The maximum absolute atomic E-state index is 12.7. The summed E-state index contributed by atoms with van der Waals surface area (Å²) in [5.74, 6) is -0.305. The molecule has 32 heavy (non-hydrogen) atoms. The Kier molecular flexibility index (Phi) is 4.30. The first-order valence-corrected chi connectivity index (χ1v) is 15.3. The van der Waals surface area contributed by atoms with Crippen molar-refractivity contribution in [2.45, 2.75) is 19.5 Å². The first-order valence-electron chi connectivity index (χ1n) is 10.5. The van der Waals surface area contributed by atoms with E-state index in [0.29, 0.717) is 16.7 Å². The fourth-order valence-electron chi connectivity index (χ4n) is 4.85. The Balaban J connectivity index is 1.12. The molecule has 0 atom stereocenters. The number of nitrogens with zero attached hydrogens (tertiary/aromatic N) is 2. The summed E-state index contributed by atoms with van der Waals surface area (Å²) in [6.45, 7) is 1.93. The SMILES string of the molecule is O=C1C(=CC2=CC=C(N3Cc4[te]c5cc6cc[te]c6nc5c4C3)C2)C(=O)c2ccccc21. The zero-order chi connectivity index (χ0) is 21.4. The van der Waals surface area contributed by atoms with Crippen LogP contribution in [0.5, 0.6) is 0 Å². The van der Waals surface area contributed by atoms with Crippen LogP contribution in [-0.4, -0.2) is 62.3 Å². The monoisotopic (exact) mass is 648 g/mol. The standard InChI is InChI=1S/C26H16N2O2Te2/c29-24-17-3-1-2-4-18(17)25(30)19(24)10-14-5-6-16(9-14)28-12-20-22(13-28)32-21-11-15-7-8-31-26(15)27-23(20)21/h1-8,10-11H,9,12-13H2. The number of benzene rings is 1. The molecule has 6 heteroatoms. The van der Waals surface area contributed by atoms with E-state index in [1.807, 2.05) is 12.1 Å². The second-order valence-corrected chi connectivity index (χ2v) is 14.1. The van der Waals surface area contributed by atoms with Crippen molar-refractivity contribution in [3.05, 3.63) is 95.8 Å². The van der Waals surface area contributed by atoms with Gasteiger partial charge in [0.1, 0.15) is 0 Å². The van der Waals surface area contributed by atoms with E-state index in [9.17, 15) is 9.59 Å². The number of carbonyl (C=O) groups is 2. The average molecular weight is 644 g/mol. The number of ketones is 2. The molecule has 4 heterocycles. The van der Waals surface area contributed by atoms with Crippen molar-refractivity contribution in [2.75, 3.05) is 0 Å². The molecule has 1 aromatic carbocycles. The van der Waals surface area contributed by atoms with Crippen molar-refractivity contribution in [3.8, 4) is 0 Å². The predicted octanol–water partition coefficient (Wildman–Crippen LogP) is 4.04. The maximum atomic E-state index is 12.7. The molecule has 4 aromatic rings. The van der Waals surface area contributed by atoms with Crippen LogP contribution in [0, 0.1) is 0 Å². The molecule has 3 aromatic heterocycles. The van der Waals surface area contributed by atoms with Gasteiger partial charge in [0.05, 0.1) is 0 Å². The van der Waals surface area contributed by atoms with Crippen LogP contribution < -0.4 is 0 Å². The van der Waals surface area contributed by atoms with Gasteiger partial charge in [-0.25, -0.2) is 0 Å². The Labute approximate surface area is 203 Å². The summed E-state index contributed by atoms with van der Waals surface area (Å²) in [6, 6.07) is 11.8. The van der Waals surface area contributed by atoms with Crippen molar-refractivity contribution in [1.82, 2.24) is 9.88 Å². The van der Waals surface area contributed by atoms with Gasteiger partial charge in [-0.3, -0.25) is 0 Å². The van der Waals surface area contributed by atoms with Gasteiger partial charge in [-0.1, -0.05) is 0 Å². The van der Waals surface area contributed by atoms with Crippen molar-refractivity contribution in [3.63, 3.8) is 0 Å². The zero-order valence-corrected chi connectivity index (χ0v) is 21.6. The normalized spacial score (nSPS) is 17.4. The third-order valence-corrected chi connectivity index (χ3v) is 12.1. The fourth-order valence-corrected chi connectivity index (χ4v) is 10.5. The number of hydrogen-bond donors (Lipinski definition) is 0. The Morgan fingerprint density at radius 3 is 2.62 bits per heavy atom. The molecular weight excluding hydrogens is 627 g/mol. The van der Waals surface area contributed by atoms with Crippen LogP contribution in [0.25, 0.3) is 17.8 Å². The molecule has 154 valence electrons. The number of rotatable bonds is 2. The van der Waals surface area contributed by atoms with Crippen LogP contribution in [0.4, 0.5) is 0 Å². The van der Waals surface area contributed by atoms with Gasteiger partial charge in [-0.05, 0) is 0 Å². The van der Waals surface area contributed by atoms with Gasteiger partial charge < -0.3 is 0 Å². The molecule has 0 radical (unpaired) electrons. The number of aromatic nitrogens is 1. The van der Waals surface area contributed by atoms with Crippen LogP contribution >= 0.6 is 0 Å². The van der Waals surface area contributed by atoms with Gasteiger partial charge in [-0.2, -0.15) is 0 Å². The molecule has 2 aliphatic carbocycles. The Morgan fingerprint density at radius 2 is 1.81 bits per heavy atom. The molecule has 0 saturated carbocycles. The van der Waals surface area contributed by atoms with Gasteiger partial charge in [0.25, 0.3) is 0 Å². The van der Waals surface area contributed by atoms with E-state index in [1.54, 1.807) is 21.8 Å². The second kappa shape index (κ2) is 7.14. The quantitative estimate of drug-likeness (QED) is 0.188. The topological polar surface area (TPSA) is 50.3 Å². The molecule has 4 nitrogen and oxygen atoms in total. The van der Waals surface area contributed by atoms with Gasteiger partial charge in [0.15, 0.2) is 0 Å². The van der Waals surface area contributed by atoms with Crippen LogP contribution in [0.2, 0.25) is 0 Å². The van der Waals surface area contributed by atoms with Crippen molar-refractivity contribution >= 4 is 70.3 Å². The Hall–Kier alpha value is -2.21. The molecule has 0 saturated heterocycles. The number of pyridine rings is 1. The minimum absolute atomic E-state index is 0.152. The Bertz CT molecular complexity index is 1560. The van der Waals surface area contributed by atoms with E-state index in [0.717, 1.165) is 25.1 Å². The van der Waals surface area contributed by atoms with Crippen LogP contribution in [-0.2, 0) is 13.1 Å². The summed E-state index contributed by atoms with van der Waals surface area (Å²) in [4.78, 5) is 33.0. The average Bonchev–Trinajstić information content (AvgIpc) is 3.60. The van der Waals surface area contributed by atoms with Gasteiger partial charge in [-0.15, -0.1) is 0 Å². The molecule has 0 amide bonds. The van der Waals surface area contributed by atoms with Crippen LogP contribution in [0.1, 0.15) is 36.3 Å². The van der Waals surface area contributed by atoms with E-state index in [1.165, 1.54) is 29.1 Å². The minimum atomic E-state index is -0.329. The number of hydrogen-bond acceptors (Lipinski definition) is 4. The summed E-state index contributed by atoms with van der Waals surface area (Å²) in [5, 5.41) is 1.37. The number of Topliss-reactive ketones (excluding diaryl/α,β-unsaturated/α-hetero) is 2. The third kappa shape index (κ3) is 2.84. The van der Waals surface area contributed by atoms with E-state index < -0.39 is 0 Å². The molecule has 0 N–H and O–H groups in total. The molecule has 0 bridgehead atoms. The van der Waals surface area contributed by atoms with Crippen LogP contribution in [0.15, 0.2) is 75.6 Å². The summed E-state index contributed by atoms with van der Waals surface area (Å²) < 4.78 is 6.81. The second-order valence-electron chi connectivity index (χ2n) is 8.35. The first-order chi connectivity index (χ1) is 15.7. The summed E-state index contributed by atoms with van der Waals surface area (Å²) in [6.07, 6.45) is 6.78. The molecule has 0 fully saturated rings. The number of allylic oxidation sites excluding steroid dienone is 5. The number of carbonyl (C=O) groups excluding carboxylic acids is 2. The number of fused-ring (bicyclic) bond motifs is 5. The van der Waals surface area contributed by atoms with Crippen LogP contribution in [0.3, 0.4) is 0 Å². The Morgan fingerprint density at radius 1 is 1.00 bits per heavy atom. The summed E-state index contributed by atoms with van der Waals surface area (Å²) in [7, 11) is 0. The van der Waals surface area contributed by atoms with E-state index in [-0.39, 0.29) is 52.4 Å². The molecule has 1 aliphatic heterocycles. The van der Waals surface area contributed by atoms with Gasteiger partial charge in [0, 0.05) is 0 Å². The van der Waals surface area contributed by atoms with Crippen molar-refractivity contribution < 1.29 is 9.59 Å². The summed E-state index contributed by atoms with van der Waals surface area (Å²) >= 11 is -0.570. The van der Waals surface area contributed by atoms with E-state index >= 15 is 0 Å². The fraction of sp³-hybridized carbons (Fsp3) is 0.115. The molecule has 0 unspecified atom stereocenters. The van der Waals surface area contributed by atoms with Crippen molar-refractivity contribution in [2.24, 2.45) is 0 Å². The van der Waals surface area contributed by atoms with E-state index in [2.05, 4.69) is 33.3 Å². The molecule has 7 rings (SSSR count). The molecule has 3 aliphatic rings. The predicted molar refractivity (Wildman–Crippen MR) is 126 cm³/mol. The third-order valence-electron chi connectivity index (χ3n) is 6.46. The van der Waals surface area contributed by atoms with Crippen molar-refractivity contribution in [1.29, 1.82) is 0 Å². The van der Waals surface area contributed by atoms with Gasteiger partial charge >= 0.3 is 205 Å². The molecular formula is C26H16N2O2Te2. The van der Waals surface area contributed by atoms with Gasteiger partial charge in [0.2, 0.25) is 0 Å². The molecule has 0 spiro atoms. The first kappa shape index (κ1) is 19.3.